The highest BCUT2D eigenvalue weighted by atomic mass is 35.5. The Labute approximate surface area is 162 Å². The van der Waals surface area contributed by atoms with E-state index in [0.29, 0.717) is 25.8 Å². The van der Waals surface area contributed by atoms with Crippen molar-refractivity contribution < 1.29 is 14.3 Å². The van der Waals surface area contributed by atoms with Gasteiger partial charge in [-0.05, 0) is 57.5 Å². The number of hydrogen-bond acceptors (Lipinski definition) is 5. The minimum atomic E-state index is -0.0867. The van der Waals surface area contributed by atoms with Crippen LogP contribution in [0.2, 0.25) is 0 Å². The molecular weight excluding hydrogens is 354 g/mol. The average Bonchev–Trinajstić information content (AvgIpc) is 2.67. The zero-order valence-corrected chi connectivity index (χ0v) is 16.4. The summed E-state index contributed by atoms with van der Waals surface area (Å²) in [6, 6.07) is 6.38. The molecule has 0 spiro atoms. The summed E-state index contributed by atoms with van der Waals surface area (Å²) < 4.78 is 11.1. The second kappa shape index (κ2) is 10.00. The Hall–Kier alpha value is -1.50. The number of fused-ring (bicyclic) bond motifs is 1. The smallest absolute Gasteiger partial charge is 0.237 e. The highest BCUT2D eigenvalue weighted by Gasteiger charge is 2.26. The van der Waals surface area contributed by atoms with Crippen molar-refractivity contribution in [2.75, 3.05) is 39.9 Å². The topological polar surface area (TPSA) is 62.8 Å². The Morgan fingerprint density at radius 2 is 2.08 bits per heavy atom. The number of nitrogens with zero attached hydrogens (tertiary/aromatic N) is 1. The van der Waals surface area contributed by atoms with Crippen LogP contribution in [0.25, 0.3) is 0 Å². The molecule has 2 heterocycles. The molecule has 0 aliphatic carbocycles. The van der Waals surface area contributed by atoms with Crippen molar-refractivity contribution in [1.29, 1.82) is 0 Å². The number of rotatable bonds is 6. The molecular formula is C19H30ClN3O3. The van der Waals surface area contributed by atoms with Crippen LogP contribution in [0.15, 0.2) is 18.2 Å². The van der Waals surface area contributed by atoms with E-state index in [1.807, 2.05) is 32.2 Å². The van der Waals surface area contributed by atoms with Gasteiger partial charge in [0, 0.05) is 19.1 Å². The molecule has 2 N–H and O–H groups in total. The van der Waals surface area contributed by atoms with Crippen LogP contribution in [-0.2, 0) is 11.2 Å². The SMILES string of the molecule is CNC1CCCN(C(C)C(=O)NCCc2ccc3c(c2)OCCO3)C1.Cl. The largest absolute Gasteiger partial charge is 0.486 e. The monoisotopic (exact) mass is 383 g/mol. The number of likely N-dealkylation sites (tertiary alicyclic amines) is 1. The van der Waals surface area contributed by atoms with Crippen molar-refractivity contribution in [3.63, 3.8) is 0 Å². The van der Waals surface area contributed by atoms with Crippen LogP contribution in [0.3, 0.4) is 0 Å². The molecule has 0 saturated carbocycles. The van der Waals surface area contributed by atoms with E-state index in [9.17, 15) is 4.79 Å². The van der Waals surface area contributed by atoms with Gasteiger partial charge in [-0.1, -0.05) is 6.07 Å². The lowest BCUT2D eigenvalue weighted by Gasteiger charge is -2.35. The second-order valence-corrected chi connectivity index (χ2v) is 6.82. The number of carbonyl (C=O) groups excluding carboxylic acids is 1. The number of piperidine rings is 1. The first-order valence-corrected chi connectivity index (χ1v) is 9.25. The van der Waals surface area contributed by atoms with Gasteiger partial charge >= 0.3 is 0 Å². The summed E-state index contributed by atoms with van der Waals surface area (Å²) in [7, 11) is 1.99. The fraction of sp³-hybridized carbons (Fsp3) is 0.632. The molecule has 2 unspecified atom stereocenters. The summed E-state index contributed by atoms with van der Waals surface area (Å²) in [5.41, 5.74) is 1.14. The van der Waals surface area contributed by atoms with Gasteiger partial charge in [-0.2, -0.15) is 0 Å². The lowest BCUT2D eigenvalue weighted by atomic mass is 10.0. The molecule has 0 radical (unpaired) electrons. The minimum Gasteiger partial charge on any atom is -0.486 e. The van der Waals surface area contributed by atoms with Gasteiger partial charge in [0.2, 0.25) is 5.91 Å². The van der Waals surface area contributed by atoms with Gasteiger partial charge in [0.15, 0.2) is 11.5 Å². The standard InChI is InChI=1S/C19H29N3O3.ClH/c1-14(22-9-3-4-16(13-22)20-2)19(23)21-8-7-15-5-6-17-18(12-15)25-11-10-24-17;/h5-6,12,14,16,20H,3-4,7-11,13H2,1-2H3,(H,21,23);1H. The maximum atomic E-state index is 12.4. The third-order valence-electron chi connectivity index (χ3n) is 5.11. The number of ether oxygens (including phenoxy) is 2. The molecule has 2 aliphatic rings. The molecule has 1 amide bonds. The molecule has 2 aliphatic heterocycles. The van der Waals surface area contributed by atoms with Gasteiger partial charge in [-0.25, -0.2) is 0 Å². The number of hydrogen-bond donors (Lipinski definition) is 2. The normalized spacial score (nSPS) is 20.8. The van der Waals surface area contributed by atoms with Crippen LogP contribution < -0.4 is 20.1 Å². The summed E-state index contributed by atoms with van der Waals surface area (Å²) in [6.07, 6.45) is 3.11. The molecule has 146 valence electrons. The fourth-order valence-corrected chi connectivity index (χ4v) is 3.48. The summed E-state index contributed by atoms with van der Waals surface area (Å²) >= 11 is 0. The van der Waals surface area contributed by atoms with Gasteiger partial charge in [-0.3, -0.25) is 9.69 Å². The zero-order valence-electron chi connectivity index (χ0n) is 15.6. The summed E-state index contributed by atoms with van der Waals surface area (Å²) in [5, 5.41) is 6.39. The number of halogens is 1. The van der Waals surface area contributed by atoms with Gasteiger partial charge in [0.05, 0.1) is 6.04 Å². The van der Waals surface area contributed by atoms with Crippen molar-refractivity contribution in [3.05, 3.63) is 23.8 Å². The van der Waals surface area contributed by atoms with E-state index in [1.54, 1.807) is 0 Å². The minimum absolute atomic E-state index is 0. The van der Waals surface area contributed by atoms with Gasteiger partial charge in [-0.15, -0.1) is 12.4 Å². The average molecular weight is 384 g/mol. The number of amides is 1. The third-order valence-corrected chi connectivity index (χ3v) is 5.11. The van der Waals surface area contributed by atoms with Crippen LogP contribution in [0, 0.1) is 0 Å². The Morgan fingerprint density at radius 3 is 2.85 bits per heavy atom. The van der Waals surface area contributed by atoms with Gasteiger partial charge < -0.3 is 20.1 Å². The predicted molar refractivity (Wildman–Crippen MR) is 105 cm³/mol. The third kappa shape index (κ3) is 5.25. The molecule has 7 heteroatoms. The first-order valence-electron chi connectivity index (χ1n) is 9.25. The van der Waals surface area contributed by atoms with Crippen LogP contribution in [0.1, 0.15) is 25.3 Å². The van der Waals surface area contributed by atoms with Gasteiger partial charge in [0.25, 0.3) is 0 Å². The van der Waals surface area contributed by atoms with Crippen LogP contribution in [-0.4, -0.2) is 62.8 Å². The second-order valence-electron chi connectivity index (χ2n) is 6.82. The molecule has 0 bridgehead atoms. The van der Waals surface area contributed by atoms with E-state index in [1.165, 1.54) is 6.42 Å². The zero-order chi connectivity index (χ0) is 17.6. The van der Waals surface area contributed by atoms with Crippen LogP contribution in [0.4, 0.5) is 0 Å². The predicted octanol–water partition coefficient (Wildman–Crippen LogP) is 1.61. The first-order chi connectivity index (χ1) is 12.2. The molecule has 1 aromatic rings. The molecule has 6 nitrogen and oxygen atoms in total. The molecule has 26 heavy (non-hydrogen) atoms. The van der Waals surface area contributed by atoms with Crippen molar-refractivity contribution in [1.82, 2.24) is 15.5 Å². The van der Waals surface area contributed by atoms with E-state index < -0.39 is 0 Å². The number of likely N-dealkylation sites (N-methyl/N-ethyl adjacent to an activating group) is 1. The Morgan fingerprint density at radius 1 is 1.31 bits per heavy atom. The molecule has 1 aromatic carbocycles. The summed E-state index contributed by atoms with van der Waals surface area (Å²) in [4.78, 5) is 14.7. The molecule has 0 aromatic heterocycles. The van der Waals surface area contributed by atoms with E-state index in [-0.39, 0.29) is 24.4 Å². The highest BCUT2D eigenvalue weighted by Crippen LogP contribution is 2.30. The summed E-state index contributed by atoms with van der Waals surface area (Å²) in [6.45, 7) is 5.76. The van der Waals surface area contributed by atoms with E-state index in [0.717, 1.165) is 43.0 Å². The Kier molecular flexibility index (Phi) is 8.00. The maximum absolute atomic E-state index is 12.4. The quantitative estimate of drug-likeness (QED) is 0.781. The Balaban J connectivity index is 0.00000243. The number of nitrogens with one attached hydrogen (secondary N) is 2. The molecule has 1 fully saturated rings. The summed E-state index contributed by atoms with van der Waals surface area (Å²) in [5.74, 6) is 1.71. The molecule has 1 saturated heterocycles. The van der Waals surface area contributed by atoms with Crippen molar-refractivity contribution in [2.24, 2.45) is 0 Å². The van der Waals surface area contributed by atoms with Crippen molar-refractivity contribution in [2.45, 2.75) is 38.3 Å². The highest BCUT2D eigenvalue weighted by molar-refractivity contribution is 5.85. The molecule has 2 atom stereocenters. The number of carbonyl (C=O) groups is 1. The Bertz CT molecular complexity index is 599. The van der Waals surface area contributed by atoms with Crippen LogP contribution >= 0.6 is 12.4 Å². The lowest BCUT2D eigenvalue weighted by Crippen LogP contribution is -2.52. The first kappa shape index (κ1) is 20.8. The lowest BCUT2D eigenvalue weighted by molar-refractivity contribution is -0.126. The fourth-order valence-electron chi connectivity index (χ4n) is 3.48. The van der Waals surface area contributed by atoms with E-state index in [4.69, 9.17) is 9.47 Å². The van der Waals surface area contributed by atoms with Crippen LogP contribution in [0.5, 0.6) is 11.5 Å². The van der Waals surface area contributed by atoms with Gasteiger partial charge in [0.1, 0.15) is 13.2 Å². The molecule has 3 rings (SSSR count). The van der Waals surface area contributed by atoms with Crippen molar-refractivity contribution >= 4 is 18.3 Å². The van der Waals surface area contributed by atoms with Crippen molar-refractivity contribution in [3.8, 4) is 11.5 Å². The van der Waals surface area contributed by atoms with E-state index in [2.05, 4.69) is 15.5 Å². The number of benzene rings is 1. The van der Waals surface area contributed by atoms with E-state index >= 15 is 0 Å². The maximum Gasteiger partial charge on any atom is 0.237 e.